The maximum Gasteiger partial charge on any atom is 0.416 e. The molecule has 0 bridgehead atoms. The highest BCUT2D eigenvalue weighted by Crippen LogP contribution is 2.36. The van der Waals surface area contributed by atoms with E-state index in [1.807, 2.05) is 0 Å². The van der Waals surface area contributed by atoms with Crippen LogP contribution in [0.3, 0.4) is 0 Å². The molecule has 0 saturated carbocycles. The third kappa shape index (κ3) is 3.42. The summed E-state index contributed by atoms with van der Waals surface area (Å²) < 4.78 is 38.9. The van der Waals surface area contributed by atoms with Gasteiger partial charge in [-0.2, -0.15) is 13.2 Å². The van der Waals surface area contributed by atoms with Gasteiger partial charge in [0.1, 0.15) is 17.3 Å². The van der Waals surface area contributed by atoms with Crippen LogP contribution in [-0.4, -0.2) is 9.97 Å². The van der Waals surface area contributed by atoms with Crippen LogP contribution in [0.1, 0.15) is 5.56 Å². The van der Waals surface area contributed by atoms with E-state index in [1.165, 1.54) is 12.4 Å². The standard InChI is InChI=1S/C11H5Br2ClF3N3/c12-6-2-1-5(11(15,16)17)3-7(6)20-10-8(13)9(14)18-4-19-10/h1-4H,(H,18,19,20). The van der Waals surface area contributed by atoms with Crippen LogP contribution >= 0.6 is 43.5 Å². The summed E-state index contributed by atoms with van der Waals surface area (Å²) in [6.07, 6.45) is -3.21. The zero-order chi connectivity index (χ0) is 14.9. The van der Waals surface area contributed by atoms with E-state index in [0.717, 1.165) is 12.1 Å². The number of anilines is 2. The second-order valence-electron chi connectivity index (χ2n) is 3.64. The Bertz CT molecular complexity index is 649. The maximum absolute atomic E-state index is 12.7. The van der Waals surface area contributed by atoms with E-state index in [9.17, 15) is 13.2 Å². The predicted molar refractivity (Wildman–Crippen MR) is 77.2 cm³/mol. The highest BCUT2D eigenvalue weighted by molar-refractivity contribution is 9.11. The van der Waals surface area contributed by atoms with E-state index in [0.29, 0.717) is 8.95 Å². The molecule has 1 heterocycles. The van der Waals surface area contributed by atoms with Crippen LogP contribution in [0, 0.1) is 0 Å². The number of hydrogen-bond acceptors (Lipinski definition) is 3. The number of nitrogens with one attached hydrogen (secondary N) is 1. The van der Waals surface area contributed by atoms with Crippen molar-refractivity contribution in [2.75, 3.05) is 5.32 Å². The second-order valence-corrected chi connectivity index (χ2v) is 5.65. The van der Waals surface area contributed by atoms with Crippen LogP contribution in [-0.2, 0) is 6.18 Å². The van der Waals surface area contributed by atoms with Gasteiger partial charge in [0.05, 0.1) is 15.7 Å². The van der Waals surface area contributed by atoms with E-state index in [-0.39, 0.29) is 16.7 Å². The van der Waals surface area contributed by atoms with E-state index in [1.54, 1.807) is 0 Å². The summed E-state index contributed by atoms with van der Waals surface area (Å²) in [5.74, 6) is 0.269. The molecule has 1 aromatic carbocycles. The van der Waals surface area contributed by atoms with Gasteiger partial charge >= 0.3 is 6.18 Å². The van der Waals surface area contributed by atoms with Crippen molar-refractivity contribution in [2.45, 2.75) is 6.18 Å². The minimum atomic E-state index is -4.42. The molecule has 9 heteroatoms. The zero-order valence-corrected chi connectivity index (χ0v) is 13.4. The van der Waals surface area contributed by atoms with Gasteiger partial charge in [0.25, 0.3) is 0 Å². The molecule has 0 aliphatic heterocycles. The Labute approximate surface area is 133 Å². The molecular weight excluding hydrogens is 426 g/mol. The average Bonchev–Trinajstić information content (AvgIpc) is 2.36. The fourth-order valence-corrected chi connectivity index (χ4v) is 2.14. The highest BCUT2D eigenvalue weighted by atomic mass is 79.9. The van der Waals surface area contributed by atoms with Gasteiger partial charge in [-0.05, 0) is 50.1 Å². The summed E-state index contributed by atoms with van der Waals surface area (Å²) in [7, 11) is 0. The van der Waals surface area contributed by atoms with Gasteiger partial charge in [-0.15, -0.1) is 0 Å². The third-order valence-corrected chi connectivity index (χ3v) is 4.25. The van der Waals surface area contributed by atoms with Crippen LogP contribution in [0.15, 0.2) is 33.5 Å². The highest BCUT2D eigenvalue weighted by Gasteiger charge is 2.31. The molecule has 0 spiro atoms. The molecule has 20 heavy (non-hydrogen) atoms. The fourth-order valence-electron chi connectivity index (χ4n) is 1.36. The van der Waals surface area contributed by atoms with Crippen molar-refractivity contribution in [3.8, 4) is 0 Å². The first-order valence-electron chi connectivity index (χ1n) is 5.09. The van der Waals surface area contributed by atoms with E-state index >= 15 is 0 Å². The lowest BCUT2D eigenvalue weighted by atomic mass is 10.2. The van der Waals surface area contributed by atoms with E-state index < -0.39 is 11.7 Å². The fraction of sp³-hybridized carbons (Fsp3) is 0.0909. The minimum absolute atomic E-state index is 0.158. The molecule has 3 nitrogen and oxygen atoms in total. The van der Waals surface area contributed by atoms with Crippen molar-refractivity contribution in [3.63, 3.8) is 0 Å². The quantitative estimate of drug-likeness (QED) is 0.646. The lowest BCUT2D eigenvalue weighted by Crippen LogP contribution is -2.06. The van der Waals surface area contributed by atoms with Crippen LogP contribution in [0.5, 0.6) is 0 Å². The summed E-state index contributed by atoms with van der Waals surface area (Å²) in [6, 6.07) is 3.27. The first kappa shape index (κ1) is 15.5. The van der Waals surface area contributed by atoms with Crippen molar-refractivity contribution in [1.29, 1.82) is 0 Å². The molecule has 106 valence electrons. The third-order valence-electron chi connectivity index (χ3n) is 2.29. The molecule has 2 aromatic rings. The Morgan fingerprint density at radius 1 is 1.15 bits per heavy atom. The van der Waals surface area contributed by atoms with Crippen molar-refractivity contribution < 1.29 is 13.2 Å². The second kappa shape index (κ2) is 5.87. The Morgan fingerprint density at radius 2 is 1.85 bits per heavy atom. The normalized spacial score (nSPS) is 11.5. The summed E-state index contributed by atoms with van der Waals surface area (Å²) in [5.41, 5.74) is -0.547. The first-order chi connectivity index (χ1) is 9.29. The maximum atomic E-state index is 12.7. The number of nitrogens with zero attached hydrogens (tertiary/aromatic N) is 2. The number of aromatic nitrogens is 2. The molecule has 0 amide bonds. The topological polar surface area (TPSA) is 37.8 Å². The van der Waals surface area contributed by atoms with Gasteiger partial charge in [0.15, 0.2) is 0 Å². The number of rotatable bonds is 2. The molecule has 2 rings (SSSR count). The monoisotopic (exact) mass is 429 g/mol. The molecule has 0 aliphatic carbocycles. The predicted octanol–water partition coefficient (Wildman–Crippen LogP) is 5.42. The van der Waals surface area contributed by atoms with Crippen LogP contribution in [0.4, 0.5) is 24.7 Å². The largest absolute Gasteiger partial charge is 0.416 e. The van der Waals surface area contributed by atoms with Crippen LogP contribution < -0.4 is 5.32 Å². The summed E-state index contributed by atoms with van der Waals surface area (Å²) in [4.78, 5) is 7.65. The number of halogens is 6. The zero-order valence-electron chi connectivity index (χ0n) is 9.47. The molecule has 0 saturated heterocycles. The molecule has 0 fully saturated rings. The van der Waals surface area contributed by atoms with Crippen molar-refractivity contribution in [3.05, 3.63) is 44.2 Å². The SMILES string of the molecule is FC(F)(F)c1ccc(Br)c(Nc2ncnc(Cl)c2Br)c1. The number of benzene rings is 1. The molecule has 0 radical (unpaired) electrons. The molecule has 0 unspecified atom stereocenters. The van der Waals surface area contributed by atoms with Gasteiger partial charge in [-0.3, -0.25) is 0 Å². The summed E-state index contributed by atoms with van der Waals surface area (Å²) in [6.45, 7) is 0. The Kier molecular flexibility index (Phi) is 4.55. The minimum Gasteiger partial charge on any atom is -0.338 e. The lowest BCUT2D eigenvalue weighted by molar-refractivity contribution is -0.137. The molecule has 1 N–H and O–H groups in total. The molecule has 0 atom stereocenters. The molecular formula is C11H5Br2ClF3N3. The Hall–Kier alpha value is -0.860. The van der Waals surface area contributed by atoms with E-state index in [4.69, 9.17) is 11.6 Å². The van der Waals surface area contributed by atoms with Crippen molar-refractivity contribution >= 4 is 55.0 Å². The Balaban J connectivity index is 2.41. The number of hydrogen-bond donors (Lipinski definition) is 1. The Morgan fingerprint density at radius 3 is 2.50 bits per heavy atom. The van der Waals surface area contributed by atoms with Gasteiger partial charge in [0.2, 0.25) is 0 Å². The summed E-state index contributed by atoms with van der Waals surface area (Å²) in [5, 5.41) is 2.92. The van der Waals surface area contributed by atoms with Gasteiger partial charge in [0, 0.05) is 4.47 Å². The van der Waals surface area contributed by atoms with Gasteiger partial charge < -0.3 is 5.32 Å². The smallest absolute Gasteiger partial charge is 0.338 e. The lowest BCUT2D eigenvalue weighted by Gasteiger charge is -2.13. The molecule has 0 aliphatic rings. The summed E-state index contributed by atoms with van der Waals surface area (Å²) >= 11 is 12.1. The van der Waals surface area contributed by atoms with Gasteiger partial charge in [-0.25, -0.2) is 9.97 Å². The van der Waals surface area contributed by atoms with Crippen LogP contribution in [0.2, 0.25) is 5.15 Å². The van der Waals surface area contributed by atoms with Gasteiger partial charge in [-0.1, -0.05) is 11.6 Å². The number of alkyl halides is 3. The first-order valence-corrected chi connectivity index (χ1v) is 7.05. The van der Waals surface area contributed by atoms with Crippen LogP contribution in [0.25, 0.3) is 0 Å². The van der Waals surface area contributed by atoms with E-state index in [2.05, 4.69) is 47.1 Å². The molecule has 1 aromatic heterocycles. The van der Waals surface area contributed by atoms with Crippen molar-refractivity contribution in [2.24, 2.45) is 0 Å². The average molecular weight is 431 g/mol. The van der Waals surface area contributed by atoms with Crippen molar-refractivity contribution in [1.82, 2.24) is 9.97 Å².